The van der Waals surface area contributed by atoms with Gasteiger partial charge in [0.05, 0.1) is 12.3 Å². The number of benzene rings is 2. The molecule has 154 valence electrons. The molecule has 0 aliphatic rings. The van der Waals surface area contributed by atoms with Crippen molar-refractivity contribution in [3.8, 4) is 11.1 Å². The van der Waals surface area contributed by atoms with Crippen LogP contribution in [0.3, 0.4) is 0 Å². The van der Waals surface area contributed by atoms with Crippen LogP contribution in [0.4, 0.5) is 4.79 Å². The predicted octanol–water partition coefficient (Wildman–Crippen LogP) is 3.15. The average molecular weight is 398 g/mol. The van der Waals surface area contributed by atoms with Crippen LogP contribution in [0.5, 0.6) is 0 Å². The van der Waals surface area contributed by atoms with Gasteiger partial charge in [0.25, 0.3) is 0 Å². The summed E-state index contributed by atoms with van der Waals surface area (Å²) in [7, 11) is 0. The number of aliphatic carboxylic acids is 2. The fraction of sp³-hybridized carbons (Fsp3) is 0.318. The minimum Gasteiger partial charge on any atom is -0.481 e. The molecule has 0 heterocycles. The zero-order valence-electron chi connectivity index (χ0n) is 16.3. The number of urea groups is 1. The summed E-state index contributed by atoms with van der Waals surface area (Å²) in [5, 5.41) is 23.1. The Morgan fingerprint density at radius 2 is 1.55 bits per heavy atom. The number of carboxylic acids is 2. The summed E-state index contributed by atoms with van der Waals surface area (Å²) < 4.78 is 0. The van der Waals surface area contributed by atoms with Gasteiger partial charge in [0.2, 0.25) is 0 Å². The first-order valence-electron chi connectivity index (χ1n) is 9.48. The maximum Gasteiger partial charge on any atom is 0.315 e. The van der Waals surface area contributed by atoms with E-state index in [9.17, 15) is 19.5 Å². The largest absolute Gasteiger partial charge is 0.481 e. The molecule has 2 amide bonds. The number of carboxylic acid groups (broad SMARTS) is 2. The summed E-state index contributed by atoms with van der Waals surface area (Å²) in [5.41, 5.74) is 3.15. The number of rotatable bonds is 10. The number of hydrogen-bond acceptors (Lipinski definition) is 3. The van der Waals surface area contributed by atoms with Gasteiger partial charge >= 0.3 is 18.0 Å². The summed E-state index contributed by atoms with van der Waals surface area (Å²) >= 11 is 0. The number of amides is 2. The molecule has 29 heavy (non-hydrogen) atoms. The van der Waals surface area contributed by atoms with Crippen molar-refractivity contribution in [2.24, 2.45) is 5.92 Å². The molecular formula is C22H26N2O5. The van der Waals surface area contributed by atoms with Crippen molar-refractivity contribution in [1.29, 1.82) is 0 Å². The molecule has 7 heteroatoms. The van der Waals surface area contributed by atoms with E-state index in [1.165, 1.54) is 0 Å². The zero-order chi connectivity index (χ0) is 21.2. The van der Waals surface area contributed by atoms with Gasteiger partial charge in [-0.25, -0.2) is 4.79 Å². The molecular weight excluding hydrogens is 372 g/mol. The van der Waals surface area contributed by atoms with Crippen molar-refractivity contribution < 1.29 is 24.6 Å². The summed E-state index contributed by atoms with van der Waals surface area (Å²) in [6, 6.07) is 17.0. The molecule has 0 saturated heterocycles. The lowest BCUT2D eigenvalue weighted by molar-refractivity contribution is -0.141. The van der Waals surface area contributed by atoms with Crippen LogP contribution in [0, 0.1) is 5.92 Å². The molecule has 0 aliphatic heterocycles. The first-order valence-corrected chi connectivity index (χ1v) is 9.48. The average Bonchev–Trinajstić information content (AvgIpc) is 2.68. The summed E-state index contributed by atoms with van der Waals surface area (Å²) in [4.78, 5) is 33.8. The smallest absolute Gasteiger partial charge is 0.315 e. The van der Waals surface area contributed by atoms with Crippen LogP contribution in [-0.2, 0) is 16.0 Å². The lowest BCUT2D eigenvalue weighted by Gasteiger charge is -2.21. The fourth-order valence-electron chi connectivity index (χ4n) is 2.99. The summed E-state index contributed by atoms with van der Waals surface area (Å²) in [5.74, 6) is -2.55. The van der Waals surface area contributed by atoms with E-state index in [1.54, 1.807) is 6.92 Å². The Morgan fingerprint density at radius 1 is 0.931 bits per heavy atom. The number of nitrogens with one attached hydrogen (secondary N) is 2. The van der Waals surface area contributed by atoms with E-state index in [-0.39, 0.29) is 19.4 Å². The monoisotopic (exact) mass is 398 g/mol. The Kier molecular flexibility index (Phi) is 8.21. The normalized spacial score (nSPS) is 12.6. The number of carbonyl (C=O) groups is 3. The van der Waals surface area contributed by atoms with Gasteiger partial charge < -0.3 is 20.8 Å². The maximum atomic E-state index is 12.1. The van der Waals surface area contributed by atoms with Crippen LogP contribution >= 0.6 is 0 Å². The Balaban J connectivity index is 2.03. The van der Waals surface area contributed by atoms with Crippen molar-refractivity contribution in [2.45, 2.75) is 32.2 Å². The molecule has 2 rings (SSSR count). The highest BCUT2D eigenvalue weighted by atomic mass is 16.4. The van der Waals surface area contributed by atoms with E-state index >= 15 is 0 Å². The summed E-state index contributed by atoms with van der Waals surface area (Å²) in [6.45, 7) is 1.60. The van der Waals surface area contributed by atoms with Crippen molar-refractivity contribution in [3.63, 3.8) is 0 Å². The van der Waals surface area contributed by atoms with Crippen LogP contribution in [-0.4, -0.2) is 40.8 Å². The zero-order valence-corrected chi connectivity index (χ0v) is 16.3. The molecule has 0 radical (unpaired) electrons. The molecule has 0 saturated carbocycles. The fourth-order valence-corrected chi connectivity index (χ4v) is 2.99. The molecule has 0 spiro atoms. The molecule has 4 N–H and O–H groups in total. The molecule has 1 unspecified atom stereocenters. The standard InChI is InChI=1S/C22H26N2O5/c1-15(21(27)28)13-19(24-22(29)23-12-11-20(25)26)14-16-7-9-18(10-8-16)17-5-3-2-4-6-17/h2-10,15,19H,11-14H2,1H3,(H,25,26)(H,27,28)(H2,23,24,29)/t15-,19?/m1/s1. The Bertz CT molecular complexity index is 821. The molecule has 0 aliphatic carbocycles. The van der Waals surface area contributed by atoms with Crippen LogP contribution in [0.1, 0.15) is 25.3 Å². The van der Waals surface area contributed by atoms with Crippen LogP contribution in [0.15, 0.2) is 54.6 Å². The van der Waals surface area contributed by atoms with Gasteiger partial charge in [0, 0.05) is 12.6 Å². The van der Waals surface area contributed by atoms with E-state index in [0.717, 1.165) is 16.7 Å². The quantitative estimate of drug-likeness (QED) is 0.491. The maximum absolute atomic E-state index is 12.1. The lowest BCUT2D eigenvalue weighted by Crippen LogP contribution is -2.44. The number of hydrogen-bond donors (Lipinski definition) is 4. The third-order valence-electron chi connectivity index (χ3n) is 4.56. The van der Waals surface area contributed by atoms with Crippen LogP contribution in [0.2, 0.25) is 0 Å². The van der Waals surface area contributed by atoms with Gasteiger partial charge in [0.15, 0.2) is 0 Å². The second-order valence-corrected chi connectivity index (χ2v) is 6.98. The number of carbonyl (C=O) groups excluding carboxylic acids is 1. The lowest BCUT2D eigenvalue weighted by atomic mass is 9.95. The predicted molar refractivity (Wildman–Crippen MR) is 110 cm³/mol. The summed E-state index contributed by atoms with van der Waals surface area (Å²) in [6.07, 6.45) is 0.561. The minimum atomic E-state index is -1.00. The van der Waals surface area contributed by atoms with Crippen molar-refractivity contribution in [3.05, 3.63) is 60.2 Å². The van der Waals surface area contributed by atoms with Gasteiger partial charge in [-0.2, -0.15) is 0 Å². The molecule has 2 aromatic carbocycles. The van der Waals surface area contributed by atoms with Crippen molar-refractivity contribution >= 4 is 18.0 Å². The van der Waals surface area contributed by atoms with Gasteiger partial charge in [0.1, 0.15) is 0 Å². The molecule has 7 nitrogen and oxygen atoms in total. The van der Waals surface area contributed by atoms with Crippen LogP contribution in [0.25, 0.3) is 11.1 Å². The van der Waals surface area contributed by atoms with Gasteiger partial charge in [-0.3, -0.25) is 9.59 Å². The third kappa shape index (κ3) is 7.65. The Labute approximate surface area is 169 Å². The molecule has 0 fully saturated rings. The van der Waals surface area contributed by atoms with Crippen LogP contribution < -0.4 is 10.6 Å². The highest BCUT2D eigenvalue weighted by Gasteiger charge is 2.20. The Hall–Kier alpha value is -3.35. The van der Waals surface area contributed by atoms with Gasteiger partial charge in [-0.15, -0.1) is 0 Å². The van der Waals surface area contributed by atoms with E-state index in [1.807, 2.05) is 54.6 Å². The van der Waals surface area contributed by atoms with Crippen molar-refractivity contribution in [1.82, 2.24) is 10.6 Å². The highest BCUT2D eigenvalue weighted by molar-refractivity contribution is 5.75. The van der Waals surface area contributed by atoms with Gasteiger partial charge in [-0.05, 0) is 29.5 Å². The molecule has 0 aromatic heterocycles. The first kappa shape index (κ1) is 21.9. The molecule has 2 aromatic rings. The Morgan fingerprint density at radius 3 is 2.14 bits per heavy atom. The van der Waals surface area contributed by atoms with E-state index in [0.29, 0.717) is 6.42 Å². The molecule has 2 atom stereocenters. The topological polar surface area (TPSA) is 116 Å². The van der Waals surface area contributed by atoms with E-state index in [2.05, 4.69) is 10.6 Å². The third-order valence-corrected chi connectivity index (χ3v) is 4.56. The SMILES string of the molecule is C[C@H](CC(Cc1ccc(-c2ccccc2)cc1)NC(=O)NCCC(=O)O)C(=O)O. The minimum absolute atomic E-state index is 0.00808. The highest BCUT2D eigenvalue weighted by Crippen LogP contribution is 2.20. The first-order chi connectivity index (χ1) is 13.8. The second-order valence-electron chi connectivity index (χ2n) is 6.98. The van der Waals surface area contributed by atoms with Gasteiger partial charge in [-0.1, -0.05) is 61.5 Å². The molecule has 0 bridgehead atoms. The van der Waals surface area contributed by atoms with E-state index < -0.39 is 29.9 Å². The van der Waals surface area contributed by atoms with E-state index in [4.69, 9.17) is 5.11 Å². The second kappa shape index (κ2) is 10.8. The van der Waals surface area contributed by atoms with Crippen molar-refractivity contribution in [2.75, 3.05) is 6.54 Å².